The Labute approximate surface area is 130 Å². The normalized spacial score (nSPS) is 25.6. The molecule has 3 rings (SSSR count). The summed E-state index contributed by atoms with van der Waals surface area (Å²) in [5.74, 6) is 0.106. The van der Waals surface area contributed by atoms with E-state index in [1.54, 1.807) is 0 Å². The molecule has 2 amide bonds. The van der Waals surface area contributed by atoms with E-state index in [1.807, 2.05) is 24.3 Å². The van der Waals surface area contributed by atoms with Crippen LogP contribution in [-0.2, 0) is 9.59 Å². The summed E-state index contributed by atoms with van der Waals surface area (Å²) in [5, 5.41) is 9.32. The summed E-state index contributed by atoms with van der Waals surface area (Å²) >= 11 is 0. The van der Waals surface area contributed by atoms with Gasteiger partial charge in [0.15, 0.2) is 0 Å². The van der Waals surface area contributed by atoms with Gasteiger partial charge < -0.3 is 10.6 Å². The smallest absolute Gasteiger partial charge is 0.234 e. The van der Waals surface area contributed by atoms with Crippen molar-refractivity contribution in [2.24, 2.45) is 5.92 Å². The molecule has 0 spiro atoms. The van der Waals surface area contributed by atoms with Crippen molar-refractivity contribution in [1.29, 1.82) is 0 Å². The SMILES string of the molecule is O=C1CCC(c2cccc(NC[C@H]3CCCNC3)c2)C(=O)N1. The first kappa shape index (κ1) is 15.0. The van der Waals surface area contributed by atoms with Gasteiger partial charge in [0.2, 0.25) is 11.8 Å². The second kappa shape index (κ2) is 6.92. The van der Waals surface area contributed by atoms with Gasteiger partial charge in [-0.2, -0.15) is 0 Å². The molecule has 22 heavy (non-hydrogen) atoms. The lowest BCUT2D eigenvalue weighted by molar-refractivity contribution is -0.134. The van der Waals surface area contributed by atoms with Crippen molar-refractivity contribution < 1.29 is 9.59 Å². The molecule has 0 bridgehead atoms. The van der Waals surface area contributed by atoms with E-state index >= 15 is 0 Å². The molecule has 3 N–H and O–H groups in total. The third kappa shape index (κ3) is 3.65. The molecule has 0 saturated carbocycles. The molecule has 118 valence electrons. The predicted molar refractivity (Wildman–Crippen MR) is 85.7 cm³/mol. The Balaban J connectivity index is 1.62. The summed E-state index contributed by atoms with van der Waals surface area (Å²) in [4.78, 5) is 23.2. The van der Waals surface area contributed by atoms with Crippen LogP contribution in [0.5, 0.6) is 0 Å². The quantitative estimate of drug-likeness (QED) is 0.739. The summed E-state index contributed by atoms with van der Waals surface area (Å²) in [6.07, 6.45) is 3.51. The fourth-order valence-electron chi connectivity index (χ4n) is 3.24. The first-order valence-electron chi connectivity index (χ1n) is 8.10. The van der Waals surface area contributed by atoms with E-state index in [0.29, 0.717) is 18.8 Å². The highest BCUT2D eigenvalue weighted by molar-refractivity contribution is 6.01. The second-order valence-electron chi connectivity index (χ2n) is 6.22. The van der Waals surface area contributed by atoms with Gasteiger partial charge in [0.25, 0.3) is 0 Å². The minimum Gasteiger partial charge on any atom is -0.385 e. The molecule has 2 fully saturated rings. The van der Waals surface area contributed by atoms with Crippen molar-refractivity contribution in [2.45, 2.75) is 31.6 Å². The topological polar surface area (TPSA) is 70.2 Å². The number of rotatable bonds is 4. The zero-order valence-corrected chi connectivity index (χ0v) is 12.7. The molecule has 1 aromatic carbocycles. The summed E-state index contributed by atoms with van der Waals surface area (Å²) in [5.41, 5.74) is 2.03. The number of hydrogen-bond donors (Lipinski definition) is 3. The van der Waals surface area contributed by atoms with Gasteiger partial charge in [0.1, 0.15) is 0 Å². The molecular formula is C17H23N3O2. The van der Waals surface area contributed by atoms with Crippen LogP contribution in [0, 0.1) is 5.92 Å². The number of carbonyl (C=O) groups excluding carboxylic acids is 2. The van der Waals surface area contributed by atoms with Gasteiger partial charge in [0.05, 0.1) is 5.92 Å². The largest absolute Gasteiger partial charge is 0.385 e. The Morgan fingerprint density at radius 3 is 2.91 bits per heavy atom. The first-order chi connectivity index (χ1) is 10.7. The number of nitrogens with one attached hydrogen (secondary N) is 3. The van der Waals surface area contributed by atoms with Crippen LogP contribution in [0.1, 0.15) is 37.2 Å². The molecule has 1 aromatic rings. The second-order valence-corrected chi connectivity index (χ2v) is 6.22. The maximum absolute atomic E-state index is 12.0. The fourth-order valence-corrected chi connectivity index (χ4v) is 3.24. The van der Waals surface area contributed by atoms with Crippen LogP contribution in [0.4, 0.5) is 5.69 Å². The van der Waals surface area contributed by atoms with E-state index in [2.05, 4.69) is 16.0 Å². The monoisotopic (exact) mass is 301 g/mol. The van der Waals surface area contributed by atoms with E-state index in [9.17, 15) is 9.59 Å². The lowest BCUT2D eigenvalue weighted by Gasteiger charge is -2.24. The summed E-state index contributed by atoms with van der Waals surface area (Å²) in [6, 6.07) is 8.01. The number of carbonyl (C=O) groups is 2. The first-order valence-corrected chi connectivity index (χ1v) is 8.10. The number of piperidine rings is 2. The van der Waals surface area contributed by atoms with Crippen molar-refractivity contribution in [3.05, 3.63) is 29.8 Å². The van der Waals surface area contributed by atoms with Crippen molar-refractivity contribution in [1.82, 2.24) is 10.6 Å². The molecule has 0 radical (unpaired) electrons. The zero-order chi connectivity index (χ0) is 15.4. The van der Waals surface area contributed by atoms with Crippen LogP contribution < -0.4 is 16.0 Å². The molecule has 5 heteroatoms. The van der Waals surface area contributed by atoms with E-state index in [1.165, 1.54) is 12.8 Å². The standard InChI is InChI=1S/C17H23N3O2/c21-16-7-6-15(17(22)20-16)13-4-1-5-14(9-13)19-11-12-3-2-8-18-10-12/h1,4-5,9,12,15,18-19H,2-3,6-8,10-11H2,(H,20,21,22)/t12-,15?/m0/s1. The summed E-state index contributed by atoms with van der Waals surface area (Å²) in [7, 11) is 0. The maximum Gasteiger partial charge on any atom is 0.234 e. The Morgan fingerprint density at radius 1 is 1.23 bits per heavy atom. The lowest BCUT2D eigenvalue weighted by Crippen LogP contribution is -2.39. The van der Waals surface area contributed by atoms with Crippen molar-refractivity contribution in [2.75, 3.05) is 25.0 Å². The van der Waals surface area contributed by atoms with Gasteiger partial charge in [-0.1, -0.05) is 12.1 Å². The van der Waals surface area contributed by atoms with Crippen LogP contribution in [0.3, 0.4) is 0 Å². The van der Waals surface area contributed by atoms with Gasteiger partial charge in [-0.05, 0) is 56.0 Å². The highest BCUT2D eigenvalue weighted by Crippen LogP contribution is 2.26. The minimum atomic E-state index is -0.212. The van der Waals surface area contributed by atoms with E-state index < -0.39 is 0 Å². The van der Waals surface area contributed by atoms with Gasteiger partial charge in [-0.15, -0.1) is 0 Å². The average Bonchev–Trinajstić information content (AvgIpc) is 2.54. The zero-order valence-electron chi connectivity index (χ0n) is 12.7. The van der Waals surface area contributed by atoms with Gasteiger partial charge in [-0.25, -0.2) is 0 Å². The Morgan fingerprint density at radius 2 is 2.14 bits per heavy atom. The van der Waals surface area contributed by atoms with Crippen molar-refractivity contribution in [3.63, 3.8) is 0 Å². The molecule has 5 nitrogen and oxygen atoms in total. The lowest BCUT2D eigenvalue weighted by atomic mass is 9.90. The molecule has 0 aromatic heterocycles. The number of imide groups is 1. The molecule has 2 aliphatic heterocycles. The van der Waals surface area contributed by atoms with Gasteiger partial charge in [0, 0.05) is 18.7 Å². The van der Waals surface area contributed by atoms with Gasteiger partial charge >= 0.3 is 0 Å². The van der Waals surface area contributed by atoms with Crippen LogP contribution in [0.25, 0.3) is 0 Å². The molecule has 2 atom stereocenters. The molecular weight excluding hydrogens is 278 g/mol. The van der Waals surface area contributed by atoms with E-state index in [4.69, 9.17) is 0 Å². The predicted octanol–water partition coefficient (Wildman–Crippen LogP) is 1.62. The van der Waals surface area contributed by atoms with Crippen LogP contribution in [0.2, 0.25) is 0 Å². The molecule has 2 heterocycles. The average molecular weight is 301 g/mol. The Hall–Kier alpha value is -1.88. The third-order valence-electron chi connectivity index (χ3n) is 4.52. The highest BCUT2D eigenvalue weighted by Gasteiger charge is 2.27. The number of hydrogen-bond acceptors (Lipinski definition) is 4. The Kier molecular flexibility index (Phi) is 4.73. The fraction of sp³-hybridized carbons (Fsp3) is 0.529. The summed E-state index contributed by atoms with van der Waals surface area (Å²) < 4.78 is 0. The molecule has 0 aliphatic carbocycles. The van der Waals surface area contributed by atoms with Crippen molar-refractivity contribution in [3.8, 4) is 0 Å². The van der Waals surface area contributed by atoms with Crippen molar-refractivity contribution >= 4 is 17.5 Å². The van der Waals surface area contributed by atoms with Crippen LogP contribution in [-0.4, -0.2) is 31.4 Å². The minimum absolute atomic E-state index is 0.166. The summed E-state index contributed by atoms with van der Waals surface area (Å²) in [6.45, 7) is 3.15. The van der Waals surface area contributed by atoms with Crippen LogP contribution >= 0.6 is 0 Å². The number of benzene rings is 1. The van der Waals surface area contributed by atoms with E-state index in [-0.39, 0.29) is 17.7 Å². The van der Waals surface area contributed by atoms with Gasteiger partial charge in [-0.3, -0.25) is 14.9 Å². The molecule has 2 aliphatic rings. The van der Waals surface area contributed by atoms with Crippen LogP contribution in [0.15, 0.2) is 24.3 Å². The Bertz CT molecular complexity index is 553. The molecule has 2 saturated heterocycles. The molecule has 1 unspecified atom stereocenters. The maximum atomic E-state index is 12.0. The third-order valence-corrected chi connectivity index (χ3v) is 4.52. The number of amides is 2. The van der Waals surface area contributed by atoms with E-state index in [0.717, 1.165) is 30.9 Å². The number of anilines is 1. The highest BCUT2D eigenvalue weighted by atomic mass is 16.2.